The highest BCUT2D eigenvalue weighted by atomic mass is 32.2. The van der Waals surface area contributed by atoms with Gasteiger partial charge in [-0.2, -0.15) is 0 Å². The third kappa shape index (κ3) is 4.81. The van der Waals surface area contributed by atoms with Gasteiger partial charge in [-0.15, -0.1) is 18.3 Å². The van der Waals surface area contributed by atoms with Gasteiger partial charge in [0.05, 0.1) is 11.2 Å². The first kappa shape index (κ1) is 21.2. The average Bonchev–Trinajstić information content (AvgIpc) is 2.80. The first-order chi connectivity index (χ1) is 15.1. The Balaban J connectivity index is 1.59. The van der Waals surface area contributed by atoms with Gasteiger partial charge < -0.3 is 0 Å². The minimum absolute atomic E-state index is 0.119. The quantitative estimate of drug-likeness (QED) is 0.328. The van der Waals surface area contributed by atoms with Gasteiger partial charge in [-0.1, -0.05) is 72.8 Å². The summed E-state index contributed by atoms with van der Waals surface area (Å²) in [5, 5.41) is 0.902. The van der Waals surface area contributed by atoms with E-state index in [-0.39, 0.29) is 10.1 Å². The maximum Gasteiger partial charge on any atom is 0.264 e. The number of anilines is 1. The molecule has 4 nitrogen and oxygen atoms in total. The van der Waals surface area contributed by atoms with Crippen LogP contribution in [0.2, 0.25) is 0 Å². The second kappa shape index (κ2) is 9.37. The maximum absolute atomic E-state index is 13.2. The highest BCUT2D eigenvalue weighted by Gasteiger charge is 2.20. The molecule has 3 aromatic carbocycles. The molecule has 1 atom stereocenters. The van der Waals surface area contributed by atoms with E-state index in [2.05, 4.69) is 28.4 Å². The molecule has 0 aliphatic heterocycles. The lowest BCUT2D eigenvalue weighted by atomic mass is 10.1. The van der Waals surface area contributed by atoms with Crippen molar-refractivity contribution in [1.82, 2.24) is 4.98 Å². The molecule has 0 spiro atoms. The molecule has 0 saturated carbocycles. The molecule has 31 heavy (non-hydrogen) atoms. The second-order valence-electron chi connectivity index (χ2n) is 6.97. The lowest BCUT2D eigenvalue weighted by Crippen LogP contribution is -2.15. The van der Waals surface area contributed by atoms with Crippen molar-refractivity contribution in [2.24, 2.45) is 0 Å². The fraction of sp³-hybridized carbons (Fsp3) is 0.0800. The van der Waals surface area contributed by atoms with Crippen LogP contribution in [0.1, 0.15) is 16.4 Å². The lowest BCUT2D eigenvalue weighted by Gasteiger charge is -2.16. The van der Waals surface area contributed by atoms with Crippen molar-refractivity contribution in [3.05, 3.63) is 115 Å². The van der Waals surface area contributed by atoms with Crippen molar-refractivity contribution in [3.63, 3.8) is 0 Å². The number of benzene rings is 3. The smallest absolute Gasteiger partial charge is 0.264 e. The van der Waals surface area contributed by atoms with E-state index in [1.165, 1.54) is 5.56 Å². The van der Waals surface area contributed by atoms with Gasteiger partial charge in [0.2, 0.25) is 0 Å². The predicted octanol–water partition coefficient (Wildman–Crippen LogP) is 6.20. The Morgan fingerprint density at radius 1 is 0.935 bits per heavy atom. The standard InChI is InChI=1S/C25H22N2O2S2/c1-2-23(19-10-4-3-5-11-19)30-18-21-12-6-7-15-22(21)27-31(28,29)24-16-8-13-20-14-9-17-26-25(20)24/h2-17,23,27H,1,18H2. The van der Waals surface area contributed by atoms with Gasteiger partial charge in [-0.05, 0) is 29.3 Å². The molecule has 1 N–H and O–H groups in total. The van der Waals surface area contributed by atoms with Crippen LogP contribution < -0.4 is 4.72 Å². The van der Waals surface area contributed by atoms with E-state index >= 15 is 0 Å². The number of hydrogen-bond acceptors (Lipinski definition) is 4. The minimum atomic E-state index is -3.80. The summed E-state index contributed by atoms with van der Waals surface area (Å²) in [4.78, 5) is 4.45. The van der Waals surface area contributed by atoms with E-state index < -0.39 is 10.0 Å². The Morgan fingerprint density at radius 2 is 1.68 bits per heavy atom. The highest BCUT2D eigenvalue weighted by molar-refractivity contribution is 7.98. The summed E-state index contributed by atoms with van der Waals surface area (Å²) in [7, 11) is -3.80. The number of pyridine rings is 1. The molecular weight excluding hydrogens is 424 g/mol. The van der Waals surface area contributed by atoms with E-state index in [0.717, 1.165) is 10.9 Å². The van der Waals surface area contributed by atoms with Crippen LogP contribution in [0.25, 0.3) is 10.9 Å². The van der Waals surface area contributed by atoms with Crippen LogP contribution in [-0.2, 0) is 15.8 Å². The van der Waals surface area contributed by atoms with Crippen molar-refractivity contribution in [2.75, 3.05) is 4.72 Å². The number of nitrogens with one attached hydrogen (secondary N) is 1. The molecule has 0 fully saturated rings. The molecular formula is C25H22N2O2S2. The molecule has 0 saturated heterocycles. The van der Waals surface area contributed by atoms with Crippen molar-refractivity contribution >= 4 is 38.4 Å². The summed E-state index contributed by atoms with van der Waals surface area (Å²) in [6.07, 6.45) is 3.51. The fourth-order valence-corrected chi connectivity index (χ4v) is 5.74. The molecule has 0 bridgehead atoms. The van der Waals surface area contributed by atoms with Crippen LogP contribution in [0.5, 0.6) is 0 Å². The van der Waals surface area contributed by atoms with Gasteiger partial charge in [0, 0.05) is 22.6 Å². The Kier molecular flexibility index (Phi) is 6.39. The fourth-order valence-electron chi connectivity index (χ4n) is 3.36. The zero-order chi connectivity index (χ0) is 21.7. The van der Waals surface area contributed by atoms with E-state index in [1.807, 2.05) is 54.6 Å². The third-order valence-corrected chi connectivity index (χ3v) is 7.61. The van der Waals surface area contributed by atoms with Crippen LogP contribution in [-0.4, -0.2) is 13.4 Å². The molecule has 0 aliphatic carbocycles. The van der Waals surface area contributed by atoms with Gasteiger partial charge in [-0.25, -0.2) is 8.42 Å². The normalized spacial score (nSPS) is 12.4. The van der Waals surface area contributed by atoms with Gasteiger partial charge in [-0.3, -0.25) is 9.71 Å². The van der Waals surface area contributed by atoms with Crippen molar-refractivity contribution < 1.29 is 8.42 Å². The first-order valence-electron chi connectivity index (χ1n) is 9.82. The summed E-state index contributed by atoms with van der Waals surface area (Å²) in [5.74, 6) is 0.637. The van der Waals surface area contributed by atoms with E-state index in [1.54, 1.807) is 42.2 Å². The number of para-hydroxylation sites is 2. The largest absolute Gasteiger partial charge is 0.279 e. The number of aromatic nitrogens is 1. The van der Waals surface area contributed by atoms with Gasteiger partial charge in [0.25, 0.3) is 10.0 Å². The Labute approximate surface area is 187 Å². The summed E-state index contributed by atoms with van der Waals surface area (Å²) < 4.78 is 29.2. The highest BCUT2D eigenvalue weighted by Crippen LogP contribution is 2.34. The SMILES string of the molecule is C=CC(SCc1ccccc1NS(=O)(=O)c1cccc2cccnc12)c1ccccc1. The van der Waals surface area contributed by atoms with Crippen molar-refractivity contribution in [3.8, 4) is 0 Å². The molecule has 1 heterocycles. The van der Waals surface area contributed by atoms with Crippen LogP contribution in [0.3, 0.4) is 0 Å². The number of thioether (sulfide) groups is 1. The zero-order valence-electron chi connectivity index (χ0n) is 16.8. The second-order valence-corrected chi connectivity index (χ2v) is 9.75. The van der Waals surface area contributed by atoms with Gasteiger partial charge in [0.15, 0.2) is 0 Å². The molecule has 0 radical (unpaired) electrons. The van der Waals surface area contributed by atoms with Crippen LogP contribution >= 0.6 is 11.8 Å². The first-order valence-corrected chi connectivity index (χ1v) is 12.4. The molecule has 1 unspecified atom stereocenters. The number of hydrogen-bond donors (Lipinski definition) is 1. The summed E-state index contributed by atoms with van der Waals surface area (Å²) >= 11 is 1.70. The molecule has 0 amide bonds. The van der Waals surface area contributed by atoms with E-state index in [4.69, 9.17) is 0 Å². The molecule has 4 rings (SSSR count). The topological polar surface area (TPSA) is 59.1 Å². The Morgan fingerprint density at radius 3 is 2.48 bits per heavy atom. The van der Waals surface area contributed by atoms with Crippen molar-refractivity contribution in [2.45, 2.75) is 15.9 Å². The summed E-state index contributed by atoms with van der Waals surface area (Å²) in [5.41, 5.74) is 3.11. The van der Waals surface area contributed by atoms with Crippen LogP contribution in [0.4, 0.5) is 5.69 Å². The average molecular weight is 447 g/mol. The number of fused-ring (bicyclic) bond motifs is 1. The van der Waals surface area contributed by atoms with Crippen LogP contribution in [0, 0.1) is 0 Å². The zero-order valence-corrected chi connectivity index (χ0v) is 18.4. The summed E-state index contributed by atoms with van der Waals surface area (Å²) in [6, 6.07) is 26.4. The Hall–Kier alpha value is -3.09. The maximum atomic E-state index is 13.2. The minimum Gasteiger partial charge on any atom is -0.279 e. The molecule has 4 aromatic rings. The summed E-state index contributed by atoms with van der Waals surface area (Å²) in [6.45, 7) is 3.96. The lowest BCUT2D eigenvalue weighted by molar-refractivity contribution is 0.602. The third-order valence-electron chi connectivity index (χ3n) is 4.91. The molecule has 1 aromatic heterocycles. The monoisotopic (exact) mass is 446 g/mol. The predicted molar refractivity (Wildman–Crippen MR) is 130 cm³/mol. The van der Waals surface area contributed by atoms with Gasteiger partial charge >= 0.3 is 0 Å². The van der Waals surface area contributed by atoms with Crippen molar-refractivity contribution in [1.29, 1.82) is 0 Å². The molecule has 6 heteroatoms. The number of rotatable bonds is 8. The number of nitrogens with zero attached hydrogens (tertiary/aromatic N) is 1. The van der Waals surface area contributed by atoms with E-state index in [0.29, 0.717) is 17.0 Å². The van der Waals surface area contributed by atoms with Crippen LogP contribution in [0.15, 0.2) is 109 Å². The Bertz CT molecular complexity index is 1300. The molecule has 156 valence electrons. The van der Waals surface area contributed by atoms with E-state index in [9.17, 15) is 8.42 Å². The molecule has 0 aliphatic rings. The van der Waals surface area contributed by atoms with Gasteiger partial charge in [0.1, 0.15) is 4.90 Å². The number of sulfonamides is 1.